The Labute approximate surface area is 158 Å². The second-order valence-corrected chi connectivity index (χ2v) is 8.27. The van der Waals surface area contributed by atoms with E-state index in [1.165, 1.54) is 35.2 Å². The van der Waals surface area contributed by atoms with Gasteiger partial charge in [0.25, 0.3) is 5.56 Å². The molecule has 0 aliphatic carbocycles. The lowest BCUT2D eigenvalue weighted by atomic mass is 10.0. The van der Waals surface area contributed by atoms with Crippen LogP contribution < -0.4 is 10.9 Å². The van der Waals surface area contributed by atoms with Gasteiger partial charge in [-0.15, -0.1) is 11.3 Å². The molecule has 5 nitrogen and oxygen atoms in total. The van der Waals surface area contributed by atoms with Gasteiger partial charge in [0, 0.05) is 16.5 Å². The molecule has 0 saturated heterocycles. The molecule has 0 aliphatic rings. The highest BCUT2D eigenvalue weighted by Crippen LogP contribution is 2.36. The Bertz CT molecular complexity index is 1010. The molecule has 0 unspecified atom stereocenters. The highest BCUT2D eigenvalue weighted by atomic mass is 32.2. The number of rotatable bonds is 5. The summed E-state index contributed by atoms with van der Waals surface area (Å²) in [6, 6.07) is 6.12. The number of benzene rings is 1. The molecular formula is C18H18FN3O2S2. The Morgan fingerprint density at radius 3 is 2.69 bits per heavy atom. The number of aromatic amines is 1. The fourth-order valence-corrected chi connectivity index (χ4v) is 4.40. The molecule has 0 aliphatic heterocycles. The van der Waals surface area contributed by atoms with E-state index < -0.39 is 0 Å². The van der Waals surface area contributed by atoms with Crippen LogP contribution in [0.2, 0.25) is 0 Å². The highest BCUT2D eigenvalue weighted by Gasteiger charge is 2.17. The number of aromatic nitrogens is 2. The minimum absolute atomic E-state index is 0.0656. The molecule has 3 rings (SSSR count). The zero-order chi connectivity index (χ0) is 18.8. The van der Waals surface area contributed by atoms with Gasteiger partial charge in [-0.2, -0.15) is 0 Å². The normalized spacial score (nSPS) is 11.3. The van der Waals surface area contributed by atoms with Crippen LogP contribution in [-0.2, 0) is 4.79 Å². The molecular weight excluding hydrogens is 373 g/mol. The Morgan fingerprint density at radius 1 is 1.35 bits per heavy atom. The molecule has 3 aromatic rings. The molecule has 0 radical (unpaired) electrons. The average molecular weight is 391 g/mol. The van der Waals surface area contributed by atoms with Crippen molar-refractivity contribution in [2.75, 3.05) is 5.75 Å². The van der Waals surface area contributed by atoms with E-state index >= 15 is 0 Å². The van der Waals surface area contributed by atoms with Crippen LogP contribution in [0.3, 0.4) is 0 Å². The molecule has 2 aromatic heterocycles. The zero-order valence-corrected chi connectivity index (χ0v) is 16.2. The molecule has 26 heavy (non-hydrogen) atoms. The van der Waals surface area contributed by atoms with Gasteiger partial charge in [0.05, 0.1) is 11.1 Å². The number of hydrogen-bond acceptors (Lipinski definition) is 5. The van der Waals surface area contributed by atoms with Gasteiger partial charge in [0.1, 0.15) is 10.6 Å². The SMILES string of the molecule is Cc1sc2nc(SCC(=O)NC(C)C)[nH]c(=O)c2c1-c1ccc(F)cc1. The Morgan fingerprint density at radius 2 is 2.04 bits per heavy atom. The van der Waals surface area contributed by atoms with Crippen LogP contribution in [0.1, 0.15) is 18.7 Å². The first-order valence-corrected chi connectivity index (χ1v) is 9.87. The molecule has 2 N–H and O–H groups in total. The van der Waals surface area contributed by atoms with E-state index in [-0.39, 0.29) is 29.1 Å². The van der Waals surface area contributed by atoms with Crippen LogP contribution in [0.25, 0.3) is 21.3 Å². The lowest BCUT2D eigenvalue weighted by Crippen LogP contribution is -2.31. The van der Waals surface area contributed by atoms with Crippen molar-refractivity contribution in [3.05, 3.63) is 45.3 Å². The topological polar surface area (TPSA) is 74.8 Å². The largest absolute Gasteiger partial charge is 0.353 e. The number of nitrogens with zero attached hydrogens (tertiary/aromatic N) is 1. The van der Waals surface area contributed by atoms with Crippen LogP contribution in [0.4, 0.5) is 4.39 Å². The van der Waals surface area contributed by atoms with Crippen LogP contribution in [0, 0.1) is 12.7 Å². The van der Waals surface area contributed by atoms with Crippen molar-refractivity contribution in [2.24, 2.45) is 0 Å². The molecule has 0 atom stereocenters. The third kappa shape index (κ3) is 3.96. The quantitative estimate of drug-likeness (QED) is 0.514. The molecule has 0 fully saturated rings. The van der Waals surface area contributed by atoms with Crippen LogP contribution in [0.5, 0.6) is 0 Å². The first-order valence-electron chi connectivity index (χ1n) is 8.06. The zero-order valence-electron chi connectivity index (χ0n) is 14.6. The summed E-state index contributed by atoms with van der Waals surface area (Å²) in [7, 11) is 0. The minimum atomic E-state index is -0.323. The smallest absolute Gasteiger partial charge is 0.260 e. The third-order valence-corrected chi connectivity index (χ3v) is 5.51. The number of thioether (sulfide) groups is 1. The number of halogens is 1. The van der Waals surface area contributed by atoms with Crippen molar-refractivity contribution in [3.8, 4) is 11.1 Å². The lowest BCUT2D eigenvalue weighted by molar-refractivity contribution is -0.119. The van der Waals surface area contributed by atoms with E-state index in [1.807, 2.05) is 20.8 Å². The number of fused-ring (bicyclic) bond motifs is 1. The molecule has 0 saturated carbocycles. The Hall–Kier alpha value is -2.19. The van der Waals surface area contributed by atoms with Gasteiger partial charge in [0.2, 0.25) is 5.91 Å². The van der Waals surface area contributed by atoms with Gasteiger partial charge in [-0.1, -0.05) is 23.9 Å². The summed E-state index contributed by atoms with van der Waals surface area (Å²) in [5.74, 6) is -0.250. The predicted octanol–water partition coefficient (Wildman–Crippen LogP) is 3.72. The maximum Gasteiger partial charge on any atom is 0.260 e. The summed E-state index contributed by atoms with van der Waals surface area (Å²) >= 11 is 2.60. The second-order valence-electron chi connectivity index (χ2n) is 6.10. The summed E-state index contributed by atoms with van der Waals surface area (Å²) in [5, 5.41) is 3.70. The van der Waals surface area contributed by atoms with E-state index in [2.05, 4.69) is 15.3 Å². The van der Waals surface area contributed by atoms with Crippen molar-refractivity contribution in [3.63, 3.8) is 0 Å². The van der Waals surface area contributed by atoms with Crippen LogP contribution in [0.15, 0.2) is 34.2 Å². The number of thiophene rings is 1. The van der Waals surface area contributed by atoms with E-state index in [0.717, 1.165) is 16.0 Å². The Balaban J connectivity index is 1.94. The number of hydrogen-bond donors (Lipinski definition) is 2. The van der Waals surface area contributed by atoms with Crippen molar-refractivity contribution in [1.29, 1.82) is 0 Å². The van der Waals surface area contributed by atoms with E-state index in [0.29, 0.717) is 15.4 Å². The van der Waals surface area contributed by atoms with Crippen molar-refractivity contribution in [2.45, 2.75) is 32.0 Å². The van der Waals surface area contributed by atoms with Crippen molar-refractivity contribution >= 4 is 39.2 Å². The summed E-state index contributed by atoms with van der Waals surface area (Å²) in [4.78, 5) is 33.2. The average Bonchev–Trinajstić information content (AvgIpc) is 2.90. The van der Waals surface area contributed by atoms with Crippen molar-refractivity contribution in [1.82, 2.24) is 15.3 Å². The molecule has 0 spiro atoms. The van der Waals surface area contributed by atoms with Gasteiger partial charge in [-0.05, 0) is 38.5 Å². The fourth-order valence-electron chi connectivity index (χ4n) is 2.63. The number of carbonyl (C=O) groups is 1. The second kappa shape index (κ2) is 7.59. The fraction of sp³-hybridized carbons (Fsp3) is 0.278. The van der Waals surface area contributed by atoms with E-state index in [1.54, 1.807) is 12.1 Å². The molecule has 136 valence electrons. The number of amides is 1. The third-order valence-electron chi connectivity index (χ3n) is 3.64. The number of aryl methyl sites for hydroxylation is 1. The number of H-pyrrole nitrogens is 1. The van der Waals surface area contributed by atoms with Crippen LogP contribution in [-0.4, -0.2) is 27.7 Å². The number of carbonyl (C=O) groups excluding carboxylic acids is 1. The van der Waals surface area contributed by atoms with Gasteiger partial charge in [-0.25, -0.2) is 9.37 Å². The first-order chi connectivity index (χ1) is 12.3. The number of nitrogens with one attached hydrogen (secondary N) is 2. The Kier molecular flexibility index (Phi) is 5.43. The monoisotopic (exact) mass is 391 g/mol. The van der Waals surface area contributed by atoms with Crippen molar-refractivity contribution < 1.29 is 9.18 Å². The predicted molar refractivity (Wildman–Crippen MR) is 104 cm³/mol. The first kappa shape index (κ1) is 18.6. The summed E-state index contributed by atoms with van der Waals surface area (Å²) in [5.41, 5.74) is 1.29. The van der Waals surface area contributed by atoms with Gasteiger partial charge < -0.3 is 10.3 Å². The van der Waals surface area contributed by atoms with Gasteiger partial charge in [-0.3, -0.25) is 9.59 Å². The highest BCUT2D eigenvalue weighted by molar-refractivity contribution is 7.99. The lowest BCUT2D eigenvalue weighted by Gasteiger charge is -2.07. The maximum atomic E-state index is 13.2. The molecule has 8 heteroatoms. The standard InChI is InChI=1S/C18H18FN3O2S2/c1-9(2)20-13(23)8-25-18-21-16(24)15-14(10(3)26-17(15)22-18)11-4-6-12(19)7-5-11/h4-7,9H,8H2,1-3H3,(H,20,23)(H,21,22,24). The summed E-state index contributed by atoms with van der Waals surface area (Å²) < 4.78 is 13.2. The molecule has 1 aromatic carbocycles. The van der Waals surface area contributed by atoms with Gasteiger partial charge >= 0.3 is 0 Å². The summed E-state index contributed by atoms with van der Waals surface area (Å²) in [6.07, 6.45) is 0. The molecule has 1 amide bonds. The van der Waals surface area contributed by atoms with E-state index in [4.69, 9.17) is 0 Å². The maximum absolute atomic E-state index is 13.2. The minimum Gasteiger partial charge on any atom is -0.353 e. The van der Waals surface area contributed by atoms with Gasteiger partial charge in [0.15, 0.2) is 5.16 Å². The van der Waals surface area contributed by atoms with Crippen LogP contribution >= 0.6 is 23.1 Å². The van der Waals surface area contributed by atoms with E-state index in [9.17, 15) is 14.0 Å². The molecule has 2 heterocycles. The summed E-state index contributed by atoms with van der Waals surface area (Å²) in [6.45, 7) is 5.69. The molecule has 0 bridgehead atoms.